The first-order valence-electron chi connectivity index (χ1n) is 12.3. The van der Waals surface area contributed by atoms with Gasteiger partial charge in [-0.3, -0.25) is 9.59 Å². The second-order valence-corrected chi connectivity index (χ2v) is 8.61. The molecule has 2 amide bonds. The fraction of sp³-hybridized carbons (Fsp3) is 0.462. The molecule has 1 fully saturated rings. The van der Waals surface area contributed by atoms with E-state index in [1.807, 2.05) is 55.5 Å². The van der Waals surface area contributed by atoms with E-state index in [9.17, 15) is 9.59 Å². The smallest absolute Gasteiger partial charge is 0.247 e. The van der Waals surface area contributed by atoms with Gasteiger partial charge in [0.25, 0.3) is 0 Å². The topological polar surface area (TPSA) is 108 Å². The fourth-order valence-corrected chi connectivity index (χ4v) is 4.37. The lowest BCUT2D eigenvalue weighted by Crippen LogP contribution is -2.48. The van der Waals surface area contributed by atoms with E-state index in [4.69, 9.17) is 14.2 Å². The van der Waals surface area contributed by atoms with E-state index in [2.05, 4.69) is 15.6 Å². The summed E-state index contributed by atoms with van der Waals surface area (Å²) >= 11 is 0. The number of benzene rings is 2. The van der Waals surface area contributed by atoms with E-state index in [1.165, 1.54) is 0 Å². The molecule has 2 atom stereocenters. The zero-order chi connectivity index (χ0) is 25.3. The van der Waals surface area contributed by atoms with E-state index < -0.39 is 6.04 Å². The Morgan fingerprint density at radius 2 is 2.03 bits per heavy atom. The Kier molecular flexibility index (Phi) is 8.85. The highest BCUT2D eigenvalue weighted by molar-refractivity contribution is 5.89. The van der Waals surface area contributed by atoms with Gasteiger partial charge < -0.3 is 24.4 Å². The van der Waals surface area contributed by atoms with Gasteiger partial charge >= 0.3 is 0 Å². The molecule has 0 saturated carbocycles. The summed E-state index contributed by atoms with van der Waals surface area (Å²) in [6.45, 7) is 4.04. The maximum Gasteiger partial charge on any atom is 0.247 e. The molecule has 0 spiro atoms. The summed E-state index contributed by atoms with van der Waals surface area (Å²) in [5.74, 6) is 0.166. The molecule has 10 heteroatoms. The highest BCUT2D eigenvalue weighted by Gasteiger charge is 2.34. The van der Waals surface area contributed by atoms with Crippen molar-refractivity contribution in [3.05, 3.63) is 54.1 Å². The van der Waals surface area contributed by atoms with Crippen molar-refractivity contribution in [2.45, 2.75) is 38.5 Å². The Hall–Kier alpha value is -3.50. The van der Waals surface area contributed by atoms with E-state index in [-0.39, 0.29) is 24.5 Å². The van der Waals surface area contributed by atoms with Crippen molar-refractivity contribution >= 4 is 22.8 Å². The van der Waals surface area contributed by atoms with Crippen LogP contribution in [0.15, 0.2) is 48.5 Å². The molecule has 4 rings (SSSR count). The van der Waals surface area contributed by atoms with Gasteiger partial charge in [0.1, 0.15) is 23.9 Å². The van der Waals surface area contributed by atoms with Gasteiger partial charge in [-0.1, -0.05) is 29.5 Å². The number of nitrogens with zero attached hydrogens (tertiary/aromatic N) is 4. The van der Waals surface area contributed by atoms with Crippen LogP contribution in [0.1, 0.15) is 31.4 Å². The van der Waals surface area contributed by atoms with Crippen LogP contribution in [0.25, 0.3) is 11.0 Å². The Labute approximate surface area is 210 Å². The van der Waals surface area contributed by atoms with Crippen LogP contribution in [0.2, 0.25) is 0 Å². The Balaban J connectivity index is 1.66. The Morgan fingerprint density at radius 3 is 2.75 bits per heavy atom. The summed E-state index contributed by atoms with van der Waals surface area (Å²) < 4.78 is 18.1. The third-order valence-corrected chi connectivity index (χ3v) is 6.12. The van der Waals surface area contributed by atoms with Crippen LogP contribution in [0.5, 0.6) is 5.75 Å². The number of para-hydroxylation sites is 1. The normalized spacial score (nSPS) is 16.1. The number of carbonyl (C=O) groups excluding carboxylic acids is 2. The number of amides is 2. The van der Waals surface area contributed by atoms with E-state index >= 15 is 0 Å². The van der Waals surface area contributed by atoms with Crippen LogP contribution in [0, 0.1) is 0 Å². The third kappa shape index (κ3) is 6.19. The quantitative estimate of drug-likeness (QED) is 0.384. The molecule has 1 aliphatic heterocycles. The third-order valence-electron chi connectivity index (χ3n) is 6.12. The van der Waals surface area contributed by atoms with Crippen molar-refractivity contribution in [3.63, 3.8) is 0 Å². The number of methoxy groups -OCH3 is 1. The van der Waals surface area contributed by atoms with Crippen molar-refractivity contribution in [2.24, 2.45) is 0 Å². The fourth-order valence-electron chi connectivity index (χ4n) is 4.37. The van der Waals surface area contributed by atoms with Gasteiger partial charge in [-0.2, -0.15) is 0 Å². The largest absolute Gasteiger partial charge is 0.494 e. The first-order chi connectivity index (χ1) is 17.6. The van der Waals surface area contributed by atoms with Crippen molar-refractivity contribution in [1.82, 2.24) is 25.2 Å². The summed E-state index contributed by atoms with van der Waals surface area (Å²) in [5, 5.41) is 11.2. The molecule has 2 aromatic carbocycles. The number of hydrogen-bond donors (Lipinski definition) is 1. The van der Waals surface area contributed by atoms with Crippen LogP contribution >= 0.6 is 0 Å². The number of hydrogen-bond acceptors (Lipinski definition) is 7. The van der Waals surface area contributed by atoms with Crippen LogP contribution in [-0.4, -0.2) is 77.8 Å². The Morgan fingerprint density at radius 1 is 1.22 bits per heavy atom. The predicted molar refractivity (Wildman–Crippen MR) is 133 cm³/mol. The zero-order valence-corrected chi connectivity index (χ0v) is 20.8. The standard InChI is InChI=1S/C26H33N5O5/c1-3-35-20-12-10-19(11-13-20)25(26(33)27-14-16-34-2)30(17-21-7-6-15-36-21)24(32)18-31-23-9-5-4-8-22(23)28-29-31/h4-5,8-13,21,25H,3,6-7,14-18H2,1-2H3,(H,27,33). The van der Waals surface area contributed by atoms with Crippen molar-refractivity contribution in [3.8, 4) is 5.75 Å². The molecule has 2 heterocycles. The molecular weight excluding hydrogens is 462 g/mol. The van der Waals surface area contributed by atoms with Crippen molar-refractivity contribution < 1.29 is 23.8 Å². The highest BCUT2D eigenvalue weighted by atomic mass is 16.5. The van der Waals surface area contributed by atoms with Crippen molar-refractivity contribution in [1.29, 1.82) is 0 Å². The lowest BCUT2D eigenvalue weighted by atomic mass is 10.0. The monoisotopic (exact) mass is 495 g/mol. The molecular formula is C26H33N5O5. The SMILES string of the molecule is CCOc1ccc(C(C(=O)NCCOC)N(CC2CCCO2)C(=O)Cn2nnc3ccccc32)cc1. The van der Waals surface area contributed by atoms with E-state index in [0.29, 0.717) is 49.7 Å². The molecule has 0 aliphatic carbocycles. The summed E-state index contributed by atoms with van der Waals surface area (Å²) in [4.78, 5) is 28.9. The second kappa shape index (κ2) is 12.5. The van der Waals surface area contributed by atoms with Crippen LogP contribution in [-0.2, 0) is 25.6 Å². The van der Waals surface area contributed by atoms with Gasteiger partial charge in [-0.25, -0.2) is 4.68 Å². The second-order valence-electron chi connectivity index (χ2n) is 8.61. The number of carbonyl (C=O) groups is 2. The predicted octanol–water partition coefficient (Wildman–Crippen LogP) is 2.34. The molecule has 192 valence electrons. The maximum atomic E-state index is 13.8. The first kappa shape index (κ1) is 25.6. The van der Waals surface area contributed by atoms with Crippen LogP contribution in [0.4, 0.5) is 0 Å². The molecule has 10 nitrogen and oxygen atoms in total. The summed E-state index contributed by atoms with van der Waals surface area (Å²) in [5.41, 5.74) is 2.14. The average molecular weight is 496 g/mol. The molecule has 0 radical (unpaired) electrons. The highest BCUT2D eigenvalue weighted by Crippen LogP contribution is 2.27. The lowest BCUT2D eigenvalue weighted by molar-refractivity contribution is -0.143. The summed E-state index contributed by atoms with van der Waals surface area (Å²) in [7, 11) is 1.58. The molecule has 36 heavy (non-hydrogen) atoms. The molecule has 2 unspecified atom stereocenters. The number of ether oxygens (including phenoxy) is 3. The number of fused-ring (bicyclic) bond motifs is 1. The van der Waals surface area contributed by atoms with Gasteiger partial charge in [0.05, 0.1) is 24.8 Å². The summed E-state index contributed by atoms with van der Waals surface area (Å²) in [6, 6.07) is 13.9. The van der Waals surface area contributed by atoms with E-state index in [1.54, 1.807) is 16.7 Å². The molecule has 1 saturated heterocycles. The minimum atomic E-state index is -0.857. The molecule has 1 N–H and O–H groups in total. The van der Waals surface area contributed by atoms with Gasteiger partial charge in [0.15, 0.2) is 0 Å². The van der Waals surface area contributed by atoms with Crippen molar-refractivity contribution in [2.75, 3.05) is 40.0 Å². The average Bonchev–Trinajstić information content (AvgIpc) is 3.55. The van der Waals surface area contributed by atoms with Gasteiger partial charge in [-0.05, 0) is 49.6 Å². The lowest BCUT2D eigenvalue weighted by Gasteiger charge is -2.33. The minimum Gasteiger partial charge on any atom is -0.494 e. The zero-order valence-electron chi connectivity index (χ0n) is 20.8. The van der Waals surface area contributed by atoms with Crippen LogP contribution in [0.3, 0.4) is 0 Å². The number of aromatic nitrogens is 3. The molecule has 1 aliphatic rings. The van der Waals surface area contributed by atoms with Gasteiger partial charge in [0, 0.05) is 26.8 Å². The first-order valence-corrected chi connectivity index (χ1v) is 12.3. The summed E-state index contributed by atoms with van der Waals surface area (Å²) in [6.07, 6.45) is 1.62. The number of nitrogens with one attached hydrogen (secondary N) is 1. The molecule has 3 aromatic rings. The van der Waals surface area contributed by atoms with Crippen LogP contribution < -0.4 is 10.1 Å². The van der Waals surface area contributed by atoms with E-state index in [0.717, 1.165) is 18.4 Å². The maximum absolute atomic E-state index is 13.8. The molecule has 1 aromatic heterocycles. The van der Waals surface area contributed by atoms with Gasteiger partial charge in [-0.15, -0.1) is 5.10 Å². The minimum absolute atomic E-state index is 0.0495. The molecule has 0 bridgehead atoms. The Bertz CT molecular complexity index is 1140. The number of rotatable bonds is 12. The van der Waals surface area contributed by atoms with Gasteiger partial charge in [0.2, 0.25) is 11.8 Å².